The zero-order valence-corrected chi connectivity index (χ0v) is 13.1. The van der Waals surface area contributed by atoms with Crippen molar-refractivity contribution in [3.05, 3.63) is 29.8 Å². The van der Waals surface area contributed by atoms with Gasteiger partial charge >= 0.3 is 0 Å². The molecule has 0 aliphatic carbocycles. The largest absolute Gasteiger partial charge is 0.493 e. The van der Waals surface area contributed by atoms with Crippen LogP contribution in [0.3, 0.4) is 0 Å². The highest BCUT2D eigenvalue weighted by molar-refractivity contribution is 5.85. The minimum atomic E-state index is -0.671. The zero-order chi connectivity index (χ0) is 15.4. The average molecular weight is 304 g/mol. The average Bonchev–Trinajstić information content (AvgIpc) is 2.60. The third-order valence-electron chi connectivity index (χ3n) is 4.81. The summed E-state index contributed by atoms with van der Waals surface area (Å²) in [7, 11) is 1.63. The van der Waals surface area contributed by atoms with Gasteiger partial charge in [-0.1, -0.05) is 18.2 Å². The number of nitrogens with one attached hydrogen (secondary N) is 2. The highest BCUT2D eigenvalue weighted by Crippen LogP contribution is 2.33. The SMILES string of the molecule is COC1(C(=O)NCC2CCOc3ccccc32)CCNCC1. The molecule has 2 heterocycles. The fraction of sp³-hybridized carbons (Fsp3) is 0.588. The molecule has 0 bridgehead atoms. The summed E-state index contributed by atoms with van der Waals surface area (Å²) in [6.45, 7) is 2.98. The minimum Gasteiger partial charge on any atom is -0.493 e. The maximum atomic E-state index is 12.6. The molecule has 1 saturated heterocycles. The van der Waals surface area contributed by atoms with Crippen LogP contribution in [0.15, 0.2) is 24.3 Å². The first kappa shape index (κ1) is 15.3. The first-order valence-corrected chi connectivity index (χ1v) is 8.01. The second-order valence-corrected chi connectivity index (χ2v) is 6.03. The number of carbonyl (C=O) groups is 1. The van der Waals surface area contributed by atoms with E-state index in [0.717, 1.165) is 38.1 Å². The van der Waals surface area contributed by atoms with E-state index in [1.165, 1.54) is 5.56 Å². The second kappa shape index (κ2) is 6.67. The van der Waals surface area contributed by atoms with Gasteiger partial charge in [0.1, 0.15) is 11.4 Å². The highest BCUT2D eigenvalue weighted by Gasteiger charge is 2.39. The Hall–Kier alpha value is -1.59. The molecule has 3 rings (SSSR count). The van der Waals surface area contributed by atoms with Crippen LogP contribution < -0.4 is 15.4 Å². The summed E-state index contributed by atoms with van der Waals surface area (Å²) in [5.41, 5.74) is 0.515. The Bertz CT molecular complexity index is 526. The van der Waals surface area contributed by atoms with E-state index in [0.29, 0.717) is 19.1 Å². The Balaban J connectivity index is 1.64. The molecule has 5 heteroatoms. The Kier molecular flexibility index (Phi) is 4.64. The number of hydrogen-bond acceptors (Lipinski definition) is 4. The maximum absolute atomic E-state index is 12.6. The first-order chi connectivity index (χ1) is 10.7. The Morgan fingerprint density at radius 1 is 1.41 bits per heavy atom. The van der Waals surface area contributed by atoms with Crippen molar-refractivity contribution in [2.75, 3.05) is 33.4 Å². The molecule has 1 aromatic carbocycles. The normalized spacial score (nSPS) is 23.2. The molecule has 0 aromatic heterocycles. The van der Waals surface area contributed by atoms with Crippen LogP contribution in [-0.4, -0.2) is 44.9 Å². The fourth-order valence-corrected chi connectivity index (χ4v) is 3.36. The van der Waals surface area contributed by atoms with E-state index in [1.807, 2.05) is 18.2 Å². The van der Waals surface area contributed by atoms with Gasteiger partial charge in [-0.05, 0) is 44.0 Å². The molecule has 1 aromatic rings. The van der Waals surface area contributed by atoms with Crippen molar-refractivity contribution < 1.29 is 14.3 Å². The molecule has 22 heavy (non-hydrogen) atoms. The van der Waals surface area contributed by atoms with Gasteiger partial charge in [0.2, 0.25) is 0 Å². The van der Waals surface area contributed by atoms with Crippen molar-refractivity contribution in [1.82, 2.24) is 10.6 Å². The van der Waals surface area contributed by atoms with Gasteiger partial charge in [-0.25, -0.2) is 0 Å². The van der Waals surface area contributed by atoms with E-state index in [2.05, 4.69) is 16.7 Å². The summed E-state index contributed by atoms with van der Waals surface area (Å²) >= 11 is 0. The Morgan fingerprint density at radius 3 is 2.95 bits per heavy atom. The van der Waals surface area contributed by atoms with Crippen LogP contribution in [0.5, 0.6) is 5.75 Å². The summed E-state index contributed by atoms with van der Waals surface area (Å²) in [6, 6.07) is 8.08. The van der Waals surface area contributed by atoms with Crippen LogP contribution in [0.4, 0.5) is 0 Å². The molecule has 2 aliphatic rings. The van der Waals surface area contributed by atoms with Gasteiger partial charge in [-0.3, -0.25) is 4.79 Å². The lowest BCUT2D eigenvalue weighted by Gasteiger charge is -2.35. The number of methoxy groups -OCH3 is 1. The highest BCUT2D eigenvalue weighted by atomic mass is 16.5. The van der Waals surface area contributed by atoms with Crippen LogP contribution in [0.25, 0.3) is 0 Å². The molecule has 0 radical (unpaired) electrons. The number of carbonyl (C=O) groups excluding carboxylic acids is 1. The van der Waals surface area contributed by atoms with E-state index in [4.69, 9.17) is 9.47 Å². The quantitative estimate of drug-likeness (QED) is 0.884. The predicted octanol–water partition coefficient (Wildman–Crippen LogP) is 1.44. The lowest BCUT2D eigenvalue weighted by Crippen LogP contribution is -2.54. The van der Waals surface area contributed by atoms with Crippen molar-refractivity contribution in [2.45, 2.75) is 30.8 Å². The maximum Gasteiger partial charge on any atom is 0.252 e. The van der Waals surface area contributed by atoms with E-state index in [-0.39, 0.29) is 5.91 Å². The fourth-order valence-electron chi connectivity index (χ4n) is 3.36. The summed E-state index contributed by atoms with van der Waals surface area (Å²) in [5, 5.41) is 6.38. The lowest BCUT2D eigenvalue weighted by molar-refractivity contribution is -0.146. The number of rotatable bonds is 4. The lowest BCUT2D eigenvalue weighted by atomic mass is 9.89. The Labute approximate surface area is 131 Å². The smallest absolute Gasteiger partial charge is 0.252 e. The summed E-state index contributed by atoms with van der Waals surface area (Å²) in [4.78, 5) is 12.6. The van der Waals surface area contributed by atoms with Gasteiger partial charge in [0, 0.05) is 19.6 Å². The van der Waals surface area contributed by atoms with Gasteiger partial charge in [-0.15, -0.1) is 0 Å². The van der Waals surface area contributed by atoms with Gasteiger partial charge in [0.05, 0.1) is 6.61 Å². The second-order valence-electron chi connectivity index (χ2n) is 6.03. The molecule has 2 aliphatic heterocycles. The number of piperidine rings is 1. The predicted molar refractivity (Wildman–Crippen MR) is 84.1 cm³/mol. The molecule has 2 N–H and O–H groups in total. The van der Waals surface area contributed by atoms with Crippen molar-refractivity contribution in [2.24, 2.45) is 0 Å². The van der Waals surface area contributed by atoms with E-state index in [1.54, 1.807) is 7.11 Å². The van der Waals surface area contributed by atoms with Gasteiger partial charge in [0.15, 0.2) is 0 Å². The van der Waals surface area contributed by atoms with Gasteiger partial charge in [0.25, 0.3) is 5.91 Å². The molecule has 5 nitrogen and oxygen atoms in total. The number of fused-ring (bicyclic) bond motifs is 1. The molecular formula is C17H24N2O3. The zero-order valence-electron chi connectivity index (χ0n) is 13.1. The van der Waals surface area contributed by atoms with Crippen LogP contribution >= 0.6 is 0 Å². The molecule has 120 valence electrons. The Morgan fingerprint density at radius 2 is 2.18 bits per heavy atom. The monoisotopic (exact) mass is 304 g/mol. The van der Waals surface area contributed by atoms with Crippen molar-refractivity contribution in [1.29, 1.82) is 0 Å². The molecule has 0 spiro atoms. The minimum absolute atomic E-state index is 0.0143. The van der Waals surface area contributed by atoms with Gasteiger partial charge in [-0.2, -0.15) is 0 Å². The van der Waals surface area contributed by atoms with E-state index >= 15 is 0 Å². The molecular weight excluding hydrogens is 280 g/mol. The number of para-hydroxylation sites is 1. The van der Waals surface area contributed by atoms with Crippen molar-refractivity contribution >= 4 is 5.91 Å². The third-order valence-corrected chi connectivity index (χ3v) is 4.81. The van der Waals surface area contributed by atoms with Crippen molar-refractivity contribution in [3.63, 3.8) is 0 Å². The standard InChI is InChI=1S/C17H24N2O3/c1-21-17(7-9-18-10-8-17)16(20)19-12-13-6-11-22-15-5-3-2-4-14(13)15/h2-5,13,18H,6-12H2,1H3,(H,19,20). The van der Waals surface area contributed by atoms with Crippen LogP contribution in [0.1, 0.15) is 30.7 Å². The summed E-state index contributed by atoms with van der Waals surface area (Å²) < 4.78 is 11.2. The molecule has 1 unspecified atom stereocenters. The van der Waals surface area contributed by atoms with Crippen LogP contribution in [0.2, 0.25) is 0 Å². The number of amides is 1. The molecule has 1 amide bonds. The summed E-state index contributed by atoms with van der Waals surface area (Å²) in [5.74, 6) is 1.27. The van der Waals surface area contributed by atoms with Gasteiger partial charge < -0.3 is 20.1 Å². The van der Waals surface area contributed by atoms with Crippen molar-refractivity contribution in [3.8, 4) is 5.75 Å². The third kappa shape index (κ3) is 2.96. The molecule has 1 atom stereocenters. The van der Waals surface area contributed by atoms with Crippen LogP contribution in [-0.2, 0) is 9.53 Å². The number of ether oxygens (including phenoxy) is 2. The molecule has 0 saturated carbocycles. The van der Waals surface area contributed by atoms with E-state index < -0.39 is 5.60 Å². The molecule has 1 fully saturated rings. The van der Waals surface area contributed by atoms with E-state index in [9.17, 15) is 4.79 Å². The van der Waals surface area contributed by atoms with Crippen LogP contribution in [0, 0.1) is 0 Å². The summed E-state index contributed by atoms with van der Waals surface area (Å²) in [6.07, 6.45) is 2.37. The number of hydrogen-bond donors (Lipinski definition) is 2. The number of benzene rings is 1. The topological polar surface area (TPSA) is 59.6 Å². The first-order valence-electron chi connectivity index (χ1n) is 8.01.